The van der Waals surface area contributed by atoms with Crippen molar-refractivity contribution in [3.05, 3.63) is 29.1 Å². The molecule has 0 saturated heterocycles. The molecule has 0 atom stereocenters. The fourth-order valence-electron chi connectivity index (χ4n) is 3.27. The number of ether oxygens (including phenoxy) is 1. The van der Waals surface area contributed by atoms with E-state index in [2.05, 4.69) is 4.98 Å². The van der Waals surface area contributed by atoms with Crippen LogP contribution in [0.5, 0.6) is 0 Å². The maximum Gasteiger partial charge on any atom is 0.417 e. The number of rotatable bonds is 6. The lowest BCUT2D eigenvalue weighted by atomic mass is 10.1. The Balaban J connectivity index is 1.87. The van der Waals surface area contributed by atoms with Gasteiger partial charge in [0.15, 0.2) is 0 Å². The number of aryl methyl sites for hydroxylation is 1. The Hall–Kier alpha value is -1.65. The molecule has 0 spiro atoms. The molecule has 6 nitrogen and oxygen atoms in total. The standard InChI is InChI=1S/C17H22F3N3O3S/c1-3-6-26-7-8-27(24,25)22-4-5-23-15(11-22)12(2)14-9-13(17(18,19)20)10-21-16(14)23/h9-10H,3-8,11H2,1-2H3. The summed E-state index contributed by atoms with van der Waals surface area (Å²) in [6, 6.07) is 1.08. The molecule has 3 heterocycles. The second-order valence-corrected chi connectivity index (χ2v) is 8.67. The molecule has 0 amide bonds. The molecule has 1 aliphatic rings. The minimum Gasteiger partial charge on any atom is -0.380 e. The highest BCUT2D eigenvalue weighted by atomic mass is 32.2. The monoisotopic (exact) mass is 405 g/mol. The highest BCUT2D eigenvalue weighted by Gasteiger charge is 2.33. The number of hydrogen-bond acceptors (Lipinski definition) is 4. The molecule has 2 aromatic rings. The summed E-state index contributed by atoms with van der Waals surface area (Å²) in [5.74, 6) is -0.108. The zero-order valence-electron chi connectivity index (χ0n) is 15.2. The third-order valence-electron chi connectivity index (χ3n) is 4.74. The lowest BCUT2D eigenvalue weighted by molar-refractivity contribution is -0.137. The summed E-state index contributed by atoms with van der Waals surface area (Å²) in [4.78, 5) is 3.99. The van der Waals surface area contributed by atoms with E-state index in [1.54, 1.807) is 6.92 Å². The van der Waals surface area contributed by atoms with Crippen LogP contribution in [0.3, 0.4) is 0 Å². The van der Waals surface area contributed by atoms with Crippen molar-refractivity contribution in [3.63, 3.8) is 0 Å². The van der Waals surface area contributed by atoms with Gasteiger partial charge in [0, 0.05) is 37.0 Å². The normalized spacial score (nSPS) is 16.0. The lowest BCUT2D eigenvalue weighted by Crippen LogP contribution is -2.40. The predicted molar refractivity (Wildman–Crippen MR) is 94.8 cm³/mol. The van der Waals surface area contributed by atoms with Crippen molar-refractivity contribution >= 4 is 21.1 Å². The van der Waals surface area contributed by atoms with Gasteiger partial charge < -0.3 is 9.30 Å². The van der Waals surface area contributed by atoms with Crippen molar-refractivity contribution < 1.29 is 26.3 Å². The van der Waals surface area contributed by atoms with Crippen molar-refractivity contribution in [2.45, 2.75) is 39.5 Å². The van der Waals surface area contributed by atoms with E-state index in [1.807, 2.05) is 11.5 Å². The van der Waals surface area contributed by atoms with Gasteiger partial charge in [-0.1, -0.05) is 6.92 Å². The maximum absolute atomic E-state index is 13.0. The number of aromatic nitrogens is 2. The van der Waals surface area contributed by atoms with E-state index in [9.17, 15) is 21.6 Å². The fraction of sp³-hybridized carbons (Fsp3) is 0.588. The summed E-state index contributed by atoms with van der Waals surface area (Å²) in [5, 5.41) is 0.408. The highest BCUT2D eigenvalue weighted by molar-refractivity contribution is 7.89. The van der Waals surface area contributed by atoms with Crippen molar-refractivity contribution in [2.75, 3.05) is 25.5 Å². The molecule has 0 bridgehead atoms. The maximum atomic E-state index is 13.0. The van der Waals surface area contributed by atoms with E-state index in [0.717, 1.165) is 18.7 Å². The number of hydrogen-bond donors (Lipinski definition) is 0. The van der Waals surface area contributed by atoms with E-state index in [4.69, 9.17) is 4.74 Å². The average molecular weight is 405 g/mol. The van der Waals surface area contributed by atoms with Crippen LogP contribution in [-0.4, -0.2) is 47.8 Å². The molecule has 0 fully saturated rings. The molecule has 150 valence electrons. The Kier molecular flexibility index (Phi) is 5.51. The van der Waals surface area contributed by atoms with Crippen molar-refractivity contribution in [3.8, 4) is 0 Å². The summed E-state index contributed by atoms with van der Waals surface area (Å²) in [6.07, 6.45) is -2.83. The van der Waals surface area contributed by atoms with Gasteiger partial charge in [-0.3, -0.25) is 0 Å². The van der Waals surface area contributed by atoms with Crippen LogP contribution in [0, 0.1) is 6.92 Å². The third-order valence-corrected chi connectivity index (χ3v) is 6.52. The molecule has 27 heavy (non-hydrogen) atoms. The van der Waals surface area contributed by atoms with E-state index >= 15 is 0 Å². The molecule has 0 saturated carbocycles. The van der Waals surface area contributed by atoms with Crippen LogP contribution in [0.15, 0.2) is 12.3 Å². The van der Waals surface area contributed by atoms with Crippen LogP contribution >= 0.6 is 0 Å². The molecule has 0 aliphatic carbocycles. The Labute approximate surface area is 156 Å². The molecule has 2 aromatic heterocycles. The Bertz CT molecular complexity index is 938. The average Bonchev–Trinajstić information content (AvgIpc) is 2.90. The molecule has 0 radical (unpaired) electrons. The minimum absolute atomic E-state index is 0.108. The number of pyridine rings is 1. The van der Waals surface area contributed by atoms with Gasteiger partial charge in [0.2, 0.25) is 10.0 Å². The van der Waals surface area contributed by atoms with Gasteiger partial charge in [0.25, 0.3) is 0 Å². The van der Waals surface area contributed by atoms with Gasteiger partial charge in [0.05, 0.1) is 24.5 Å². The molecule has 0 N–H and O–H groups in total. The summed E-state index contributed by atoms with van der Waals surface area (Å²) >= 11 is 0. The van der Waals surface area contributed by atoms with Crippen molar-refractivity contribution in [1.82, 2.24) is 13.9 Å². The second kappa shape index (κ2) is 7.40. The first-order valence-corrected chi connectivity index (χ1v) is 10.4. The highest BCUT2D eigenvalue weighted by Crippen LogP contribution is 2.34. The zero-order chi connectivity index (χ0) is 19.8. The molecule has 3 rings (SSSR count). The van der Waals surface area contributed by atoms with Crippen molar-refractivity contribution in [2.24, 2.45) is 0 Å². The molecule has 0 aromatic carbocycles. The Morgan fingerprint density at radius 2 is 2.00 bits per heavy atom. The number of alkyl halides is 3. The first-order chi connectivity index (χ1) is 12.6. The number of sulfonamides is 1. The van der Waals surface area contributed by atoms with Crippen molar-refractivity contribution in [1.29, 1.82) is 0 Å². The van der Waals surface area contributed by atoms with Crippen LogP contribution in [-0.2, 0) is 34.0 Å². The SMILES string of the molecule is CCCOCCS(=O)(=O)N1CCn2c(c(C)c3cc(C(F)(F)F)cnc32)C1. The zero-order valence-corrected chi connectivity index (χ0v) is 16.0. The second-order valence-electron chi connectivity index (χ2n) is 6.58. The van der Waals surface area contributed by atoms with Gasteiger partial charge in [0.1, 0.15) is 5.65 Å². The third kappa shape index (κ3) is 3.97. The first-order valence-electron chi connectivity index (χ1n) is 8.75. The predicted octanol–water partition coefficient (Wildman–Crippen LogP) is 2.94. The number of nitrogens with zero attached hydrogens (tertiary/aromatic N) is 3. The number of halogens is 3. The molecule has 0 unspecified atom stereocenters. The summed E-state index contributed by atoms with van der Waals surface area (Å²) in [7, 11) is -3.50. The largest absolute Gasteiger partial charge is 0.417 e. The van der Waals surface area contributed by atoms with Crippen LogP contribution in [0.1, 0.15) is 30.2 Å². The quantitative estimate of drug-likeness (QED) is 0.694. The van der Waals surface area contributed by atoms with E-state index in [0.29, 0.717) is 35.4 Å². The van der Waals surface area contributed by atoms with E-state index < -0.39 is 21.8 Å². The molecule has 10 heteroatoms. The summed E-state index contributed by atoms with van der Waals surface area (Å²) in [6.45, 7) is 5.03. The minimum atomic E-state index is -4.47. The van der Waals surface area contributed by atoms with Gasteiger partial charge in [-0.2, -0.15) is 17.5 Å². The fourth-order valence-corrected chi connectivity index (χ4v) is 4.53. The molecular formula is C17H22F3N3O3S. The van der Waals surface area contributed by atoms with Crippen LogP contribution in [0.4, 0.5) is 13.2 Å². The lowest BCUT2D eigenvalue weighted by Gasteiger charge is -2.28. The summed E-state index contributed by atoms with van der Waals surface area (Å²) in [5.41, 5.74) is 0.962. The van der Waals surface area contributed by atoms with Crippen LogP contribution < -0.4 is 0 Å². The van der Waals surface area contributed by atoms with Crippen LogP contribution in [0.25, 0.3) is 11.0 Å². The van der Waals surface area contributed by atoms with Gasteiger partial charge in [-0.05, 0) is 25.0 Å². The molecular weight excluding hydrogens is 383 g/mol. The smallest absolute Gasteiger partial charge is 0.380 e. The first kappa shape index (κ1) is 20.1. The van der Waals surface area contributed by atoms with Gasteiger partial charge in [-0.25, -0.2) is 13.4 Å². The summed E-state index contributed by atoms with van der Waals surface area (Å²) < 4.78 is 72.5. The van der Waals surface area contributed by atoms with Crippen LogP contribution in [0.2, 0.25) is 0 Å². The van der Waals surface area contributed by atoms with Gasteiger partial charge >= 0.3 is 6.18 Å². The number of fused-ring (bicyclic) bond motifs is 3. The molecule has 1 aliphatic heterocycles. The van der Waals surface area contributed by atoms with E-state index in [-0.39, 0.29) is 25.4 Å². The Morgan fingerprint density at radius 1 is 1.26 bits per heavy atom. The Morgan fingerprint density at radius 3 is 2.67 bits per heavy atom. The topological polar surface area (TPSA) is 64.4 Å². The van der Waals surface area contributed by atoms with Gasteiger partial charge in [-0.15, -0.1) is 0 Å². The van der Waals surface area contributed by atoms with E-state index in [1.165, 1.54) is 4.31 Å².